The lowest BCUT2D eigenvalue weighted by molar-refractivity contribution is -0.175. The van der Waals surface area contributed by atoms with Crippen molar-refractivity contribution in [2.45, 2.75) is 58.9 Å². The zero-order chi connectivity index (χ0) is 20.4. The molecule has 2 unspecified atom stereocenters. The molecular weight excluding hydrogens is 420 g/mol. The van der Waals surface area contributed by atoms with Gasteiger partial charge in [0.2, 0.25) is 0 Å². The van der Waals surface area contributed by atoms with E-state index in [0.29, 0.717) is 19.4 Å². The Hall–Kier alpha value is -1.37. The lowest BCUT2D eigenvalue weighted by atomic mass is 9.73. The minimum atomic E-state index is -3.07. The van der Waals surface area contributed by atoms with Gasteiger partial charge in [0.1, 0.15) is 11.8 Å². The first-order valence-electron chi connectivity index (χ1n) is 9.21. The first kappa shape index (κ1) is 21.9. The van der Waals surface area contributed by atoms with Crippen molar-refractivity contribution in [3.05, 3.63) is 28.2 Å². The van der Waals surface area contributed by atoms with Gasteiger partial charge in [-0.2, -0.15) is 0 Å². The summed E-state index contributed by atoms with van der Waals surface area (Å²) in [5, 5.41) is 9.35. The molecule has 152 valence electrons. The highest BCUT2D eigenvalue weighted by Crippen LogP contribution is 2.47. The van der Waals surface area contributed by atoms with Crippen LogP contribution in [0.4, 0.5) is 13.6 Å². The van der Waals surface area contributed by atoms with E-state index < -0.39 is 29.4 Å². The van der Waals surface area contributed by atoms with Crippen LogP contribution in [0.5, 0.6) is 5.75 Å². The molecule has 1 aromatic carbocycles. The monoisotopic (exact) mass is 447 g/mol. The Morgan fingerprint density at radius 3 is 2.67 bits per heavy atom. The highest BCUT2D eigenvalue weighted by Gasteiger charge is 2.57. The van der Waals surface area contributed by atoms with Gasteiger partial charge in [-0.15, -0.1) is 0 Å². The molecule has 1 heterocycles. The average molecular weight is 448 g/mol. The lowest BCUT2D eigenvalue weighted by Gasteiger charge is -2.49. The van der Waals surface area contributed by atoms with Gasteiger partial charge in [0.15, 0.2) is 0 Å². The van der Waals surface area contributed by atoms with Gasteiger partial charge in [-0.3, -0.25) is 4.90 Å². The quantitative estimate of drug-likeness (QED) is 0.565. The summed E-state index contributed by atoms with van der Waals surface area (Å²) in [6.45, 7) is 7.44. The Bertz CT molecular complexity index is 676. The molecule has 1 aliphatic rings. The molecule has 27 heavy (non-hydrogen) atoms. The molecule has 7 heteroatoms. The molecule has 1 amide bonds. The number of hydrogen-bond acceptors (Lipinski definition) is 2. The first-order chi connectivity index (χ1) is 12.5. The number of nitrogens with zero attached hydrogens (tertiary/aromatic N) is 1. The van der Waals surface area contributed by atoms with Gasteiger partial charge in [-0.1, -0.05) is 42.8 Å². The minimum absolute atomic E-state index is 0.142. The lowest BCUT2D eigenvalue weighted by Crippen LogP contribution is -2.63. The fourth-order valence-electron chi connectivity index (χ4n) is 3.89. The second kappa shape index (κ2) is 8.33. The number of carbonyl (C=O) groups is 1. The van der Waals surface area contributed by atoms with E-state index in [1.165, 1.54) is 0 Å². The normalized spacial score (nSPS) is 22.6. The molecule has 4 nitrogen and oxygen atoms in total. The summed E-state index contributed by atoms with van der Waals surface area (Å²) in [6.07, 6.45) is -0.306. The summed E-state index contributed by atoms with van der Waals surface area (Å²) < 4.78 is 37.0. The van der Waals surface area contributed by atoms with E-state index >= 15 is 8.78 Å². The average Bonchev–Trinajstić information content (AvgIpc) is 2.54. The van der Waals surface area contributed by atoms with Crippen LogP contribution < -0.4 is 4.74 Å². The van der Waals surface area contributed by atoms with Crippen LogP contribution in [0.3, 0.4) is 0 Å². The molecule has 1 N–H and O–H groups in total. The third kappa shape index (κ3) is 4.92. The van der Waals surface area contributed by atoms with Crippen molar-refractivity contribution in [3.8, 4) is 5.75 Å². The van der Waals surface area contributed by atoms with Gasteiger partial charge >= 0.3 is 6.09 Å². The Labute approximate surface area is 168 Å². The molecule has 0 radical (unpaired) electrons. The van der Waals surface area contributed by atoms with Crippen LogP contribution in [-0.4, -0.2) is 41.2 Å². The summed E-state index contributed by atoms with van der Waals surface area (Å²) in [5.74, 6) is -3.17. The molecule has 1 aromatic rings. The van der Waals surface area contributed by atoms with Crippen LogP contribution in [-0.2, 0) is 0 Å². The third-order valence-electron chi connectivity index (χ3n) is 5.18. The first-order valence-corrected chi connectivity index (χ1v) is 10.0. The van der Waals surface area contributed by atoms with E-state index in [-0.39, 0.29) is 13.0 Å². The topological polar surface area (TPSA) is 49.8 Å². The maximum atomic E-state index is 15.2. The molecule has 2 atom stereocenters. The van der Waals surface area contributed by atoms with E-state index in [1.807, 2.05) is 25.1 Å². The SMILES string of the molecule is Cc1c(Br)cccc1OCCCC1CCN(C(=O)O)C(C(C)(C)C)C1(F)F. The van der Waals surface area contributed by atoms with Crippen molar-refractivity contribution in [3.63, 3.8) is 0 Å². The number of benzene rings is 1. The molecule has 0 aromatic heterocycles. The van der Waals surface area contributed by atoms with Gasteiger partial charge in [0.25, 0.3) is 5.92 Å². The highest BCUT2D eigenvalue weighted by molar-refractivity contribution is 9.10. The number of alkyl halides is 2. The van der Waals surface area contributed by atoms with Crippen molar-refractivity contribution in [2.24, 2.45) is 11.3 Å². The van der Waals surface area contributed by atoms with Gasteiger partial charge in [0.05, 0.1) is 6.61 Å². The summed E-state index contributed by atoms with van der Waals surface area (Å²) in [6, 6.07) is 4.33. The predicted molar refractivity (Wildman–Crippen MR) is 105 cm³/mol. The summed E-state index contributed by atoms with van der Waals surface area (Å²) >= 11 is 3.44. The fourth-order valence-corrected chi connectivity index (χ4v) is 4.24. The molecule has 1 saturated heterocycles. The van der Waals surface area contributed by atoms with E-state index in [2.05, 4.69) is 15.9 Å². The number of likely N-dealkylation sites (tertiary alicyclic amines) is 1. The van der Waals surface area contributed by atoms with Gasteiger partial charge in [-0.05, 0) is 43.7 Å². The van der Waals surface area contributed by atoms with E-state index in [4.69, 9.17) is 4.74 Å². The second-order valence-electron chi connectivity index (χ2n) is 8.26. The number of ether oxygens (including phenoxy) is 1. The minimum Gasteiger partial charge on any atom is -0.493 e. The zero-order valence-corrected chi connectivity index (χ0v) is 17.9. The number of piperidine rings is 1. The Morgan fingerprint density at radius 2 is 2.07 bits per heavy atom. The van der Waals surface area contributed by atoms with E-state index in [1.54, 1.807) is 20.8 Å². The largest absolute Gasteiger partial charge is 0.493 e. The molecular formula is C20H28BrF2NO3. The predicted octanol–water partition coefficient (Wildman–Crippen LogP) is 5.97. The molecule has 0 saturated carbocycles. The number of carboxylic acid groups (broad SMARTS) is 1. The van der Waals surface area contributed by atoms with Crippen molar-refractivity contribution < 1.29 is 23.4 Å². The molecule has 0 bridgehead atoms. The van der Waals surface area contributed by atoms with Crippen LogP contribution in [0.2, 0.25) is 0 Å². The maximum Gasteiger partial charge on any atom is 0.407 e. The smallest absolute Gasteiger partial charge is 0.407 e. The molecule has 0 aliphatic carbocycles. The van der Waals surface area contributed by atoms with Crippen molar-refractivity contribution in [2.75, 3.05) is 13.2 Å². The fraction of sp³-hybridized carbons (Fsp3) is 0.650. The van der Waals surface area contributed by atoms with Crippen molar-refractivity contribution >= 4 is 22.0 Å². The Morgan fingerprint density at radius 1 is 1.41 bits per heavy atom. The number of hydrogen-bond donors (Lipinski definition) is 1. The van der Waals surface area contributed by atoms with E-state index in [9.17, 15) is 9.90 Å². The van der Waals surface area contributed by atoms with Crippen LogP contribution in [0.15, 0.2) is 22.7 Å². The molecule has 1 fully saturated rings. The standard InChI is InChI=1S/C20H28BrF2NO3/c1-13-15(21)8-5-9-16(13)27-12-6-7-14-10-11-24(18(25)26)17(19(2,3)4)20(14,22)23/h5,8-9,14,17H,6-7,10-12H2,1-4H3,(H,25,26). The van der Waals surface area contributed by atoms with Crippen molar-refractivity contribution in [1.82, 2.24) is 4.90 Å². The van der Waals surface area contributed by atoms with Crippen LogP contribution in [0, 0.1) is 18.3 Å². The third-order valence-corrected chi connectivity index (χ3v) is 6.04. The highest BCUT2D eigenvalue weighted by atomic mass is 79.9. The molecule has 1 aliphatic heterocycles. The molecule has 0 spiro atoms. The summed E-state index contributed by atoms with van der Waals surface area (Å²) in [4.78, 5) is 12.4. The zero-order valence-electron chi connectivity index (χ0n) is 16.3. The second-order valence-corrected chi connectivity index (χ2v) is 9.11. The summed E-state index contributed by atoms with van der Waals surface area (Å²) in [5.41, 5.74) is 0.134. The Kier molecular flexibility index (Phi) is 6.77. The Balaban J connectivity index is 2.00. The van der Waals surface area contributed by atoms with Crippen molar-refractivity contribution in [1.29, 1.82) is 0 Å². The van der Waals surface area contributed by atoms with Gasteiger partial charge in [-0.25, -0.2) is 13.6 Å². The van der Waals surface area contributed by atoms with Crippen LogP contribution in [0.25, 0.3) is 0 Å². The number of rotatable bonds is 5. The molecule has 2 rings (SSSR count). The van der Waals surface area contributed by atoms with E-state index in [0.717, 1.165) is 20.7 Å². The van der Waals surface area contributed by atoms with Gasteiger partial charge < -0.3 is 9.84 Å². The number of amides is 1. The number of halogens is 3. The van der Waals surface area contributed by atoms with Gasteiger partial charge in [0, 0.05) is 22.5 Å². The summed E-state index contributed by atoms with van der Waals surface area (Å²) in [7, 11) is 0. The maximum absolute atomic E-state index is 15.2. The van der Waals surface area contributed by atoms with Crippen LogP contribution >= 0.6 is 15.9 Å². The van der Waals surface area contributed by atoms with Crippen LogP contribution in [0.1, 0.15) is 45.6 Å².